The van der Waals surface area contributed by atoms with Crippen molar-refractivity contribution in [2.45, 2.75) is 26.8 Å². The van der Waals surface area contributed by atoms with Gasteiger partial charge in [-0.05, 0) is 38.6 Å². The van der Waals surface area contributed by atoms with Gasteiger partial charge in [-0.3, -0.25) is 0 Å². The lowest BCUT2D eigenvalue weighted by Crippen LogP contribution is -2.35. The summed E-state index contributed by atoms with van der Waals surface area (Å²) >= 11 is 5.16. The molecule has 1 rings (SSSR count). The summed E-state index contributed by atoms with van der Waals surface area (Å²) in [6, 6.07) is 1.87. The molecule has 0 atom stereocenters. The first-order valence-corrected chi connectivity index (χ1v) is 6.51. The van der Waals surface area contributed by atoms with Crippen LogP contribution >= 0.6 is 12.2 Å². The minimum absolute atomic E-state index is 0.612. The first kappa shape index (κ1) is 14.8. The Hall–Kier alpha value is -1.27. The van der Waals surface area contributed by atoms with E-state index in [9.17, 15) is 0 Å². The third-order valence-electron chi connectivity index (χ3n) is 2.22. The molecule has 5 nitrogen and oxygen atoms in total. The van der Waals surface area contributed by atoms with Crippen LogP contribution in [0.25, 0.3) is 0 Å². The molecule has 0 unspecified atom stereocenters. The van der Waals surface area contributed by atoms with Crippen molar-refractivity contribution in [1.29, 1.82) is 0 Å². The van der Waals surface area contributed by atoms with Crippen LogP contribution in [0, 0.1) is 6.92 Å². The van der Waals surface area contributed by atoms with E-state index < -0.39 is 0 Å². The van der Waals surface area contributed by atoms with Crippen molar-refractivity contribution < 1.29 is 4.74 Å². The number of aryl methyl sites for hydroxylation is 1. The van der Waals surface area contributed by atoms with Gasteiger partial charge in [0.15, 0.2) is 5.11 Å². The first-order valence-electron chi connectivity index (χ1n) is 6.10. The van der Waals surface area contributed by atoms with Gasteiger partial charge in [0.05, 0.1) is 12.2 Å². The van der Waals surface area contributed by atoms with E-state index in [1.54, 1.807) is 6.20 Å². The Morgan fingerprint density at radius 1 is 1.44 bits per heavy atom. The molecule has 0 spiro atoms. The smallest absolute Gasteiger partial charge is 0.166 e. The highest BCUT2D eigenvalue weighted by atomic mass is 32.1. The van der Waals surface area contributed by atoms with E-state index in [0.29, 0.717) is 11.7 Å². The number of ether oxygens (including phenoxy) is 1. The van der Waals surface area contributed by atoms with Crippen LogP contribution in [0.3, 0.4) is 0 Å². The number of nitrogens with one attached hydrogen (secondary N) is 2. The normalized spacial score (nSPS) is 10.1. The van der Waals surface area contributed by atoms with Gasteiger partial charge in [0.25, 0.3) is 0 Å². The summed E-state index contributed by atoms with van der Waals surface area (Å²) in [7, 11) is 0. The lowest BCUT2D eigenvalue weighted by atomic mass is 10.4. The van der Waals surface area contributed by atoms with Crippen molar-refractivity contribution in [3.8, 4) is 0 Å². The SMILES string of the molecule is CCOCCCNC(=S)NCc1ccnc(C)n1. The average Bonchev–Trinajstić information content (AvgIpc) is 2.36. The molecule has 0 saturated heterocycles. The Bertz CT molecular complexity index is 373. The Morgan fingerprint density at radius 2 is 2.28 bits per heavy atom. The lowest BCUT2D eigenvalue weighted by molar-refractivity contribution is 0.145. The van der Waals surface area contributed by atoms with E-state index in [2.05, 4.69) is 20.6 Å². The van der Waals surface area contributed by atoms with E-state index in [-0.39, 0.29) is 0 Å². The third-order valence-corrected chi connectivity index (χ3v) is 2.51. The molecular weight excluding hydrogens is 248 g/mol. The monoisotopic (exact) mass is 268 g/mol. The van der Waals surface area contributed by atoms with Gasteiger partial charge < -0.3 is 15.4 Å². The number of hydrogen-bond acceptors (Lipinski definition) is 4. The number of hydrogen-bond donors (Lipinski definition) is 2. The van der Waals surface area contributed by atoms with Crippen molar-refractivity contribution in [3.05, 3.63) is 23.8 Å². The number of nitrogens with zero attached hydrogens (tertiary/aromatic N) is 2. The van der Waals surface area contributed by atoms with Gasteiger partial charge in [-0.1, -0.05) is 0 Å². The predicted molar refractivity (Wildman–Crippen MR) is 75.3 cm³/mol. The third kappa shape index (κ3) is 6.46. The molecule has 0 bridgehead atoms. The minimum Gasteiger partial charge on any atom is -0.382 e. The number of aromatic nitrogens is 2. The molecule has 18 heavy (non-hydrogen) atoms. The zero-order valence-corrected chi connectivity index (χ0v) is 11.7. The van der Waals surface area contributed by atoms with Crippen LogP contribution < -0.4 is 10.6 Å². The van der Waals surface area contributed by atoms with Crippen LogP contribution in [0.4, 0.5) is 0 Å². The van der Waals surface area contributed by atoms with Gasteiger partial charge >= 0.3 is 0 Å². The van der Waals surface area contributed by atoms with Crippen LogP contribution in [0.1, 0.15) is 24.9 Å². The van der Waals surface area contributed by atoms with Crippen LogP contribution in [0.5, 0.6) is 0 Å². The highest BCUT2D eigenvalue weighted by Gasteiger charge is 1.98. The van der Waals surface area contributed by atoms with Crippen molar-refractivity contribution in [1.82, 2.24) is 20.6 Å². The summed E-state index contributed by atoms with van der Waals surface area (Å²) in [6.07, 6.45) is 2.69. The summed E-state index contributed by atoms with van der Waals surface area (Å²) < 4.78 is 5.24. The molecule has 0 radical (unpaired) electrons. The molecule has 0 aromatic carbocycles. The number of thiocarbonyl (C=S) groups is 1. The molecule has 1 heterocycles. The molecule has 0 saturated carbocycles. The largest absolute Gasteiger partial charge is 0.382 e. The van der Waals surface area contributed by atoms with Crippen LogP contribution in [-0.2, 0) is 11.3 Å². The Kier molecular flexibility index (Phi) is 7.20. The van der Waals surface area contributed by atoms with Gasteiger partial charge in [-0.15, -0.1) is 0 Å². The van der Waals surface area contributed by atoms with Crippen LogP contribution in [0.2, 0.25) is 0 Å². The first-order chi connectivity index (χ1) is 8.72. The zero-order valence-electron chi connectivity index (χ0n) is 10.9. The molecule has 100 valence electrons. The zero-order chi connectivity index (χ0) is 13.2. The molecule has 0 aliphatic heterocycles. The maximum absolute atomic E-state index is 5.24. The molecular formula is C12H20N4OS. The maximum atomic E-state index is 5.24. The Labute approximate surface area is 113 Å². The summed E-state index contributed by atoms with van der Waals surface area (Å²) in [5.41, 5.74) is 0.931. The fourth-order valence-electron chi connectivity index (χ4n) is 1.36. The van der Waals surface area contributed by atoms with Gasteiger partial charge in [-0.25, -0.2) is 9.97 Å². The van der Waals surface area contributed by atoms with Crippen molar-refractivity contribution in [2.75, 3.05) is 19.8 Å². The fourth-order valence-corrected chi connectivity index (χ4v) is 1.53. The molecule has 1 aromatic heterocycles. The second-order valence-electron chi connectivity index (χ2n) is 3.76. The highest BCUT2D eigenvalue weighted by Crippen LogP contribution is 1.93. The van der Waals surface area contributed by atoms with Crippen molar-refractivity contribution >= 4 is 17.3 Å². The summed E-state index contributed by atoms with van der Waals surface area (Å²) in [4.78, 5) is 8.33. The molecule has 6 heteroatoms. The predicted octanol–water partition coefficient (Wildman–Crippen LogP) is 1.18. The summed E-state index contributed by atoms with van der Waals surface area (Å²) in [5.74, 6) is 0.768. The lowest BCUT2D eigenvalue weighted by Gasteiger charge is -2.10. The molecule has 0 aliphatic rings. The average molecular weight is 268 g/mol. The van der Waals surface area contributed by atoms with E-state index in [4.69, 9.17) is 17.0 Å². The molecule has 2 N–H and O–H groups in total. The quantitative estimate of drug-likeness (QED) is 0.572. The molecule has 0 amide bonds. The van der Waals surface area contributed by atoms with Crippen molar-refractivity contribution in [3.63, 3.8) is 0 Å². The van der Waals surface area contributed by atoms with Crippen LogP contribution in [0.15, 0.2) is 12.3 Å². The maximum Gasteiger partial charge on any atom is 0.166 e. The molecule has 0 fully saturated rings. The topological polar surface area (TPSA) is 59.1 Å². The Morgan fingerprint density at radius 3 is 3.00 bits per heavy atom. The minimum atomic E-state index is 0.612. The second-order valence-corrected chi connectivity index (χ2v) is 4.16. The standard InChI is InChI=1S/C12H20N4OS/c1-3-17-8-4-6-14-12(18)15-9-11-5-7-13-10(2)16-11/h5,7H,3-4,6,8-9H2,1-2H3,(H2,14,15,18). The van der Waals surface area contributed by atoms with E-state index in [1.165, 1.54) is 0 Å². The highest BCUT2D eigenvalue weighted by molar-refractivity contribution is 7.80. The van der Waals surface area contributed by atoms with Gasteiger partial charge in [0.1, 0.15) is 5.82 Å². The van der Waals surface area contributed by atoms with E-state index >= 15 is 0 Å². The molecule has 0 aliphatic carbocycles. The van der Waals surface area contributed by atoms with Gasteiger partial charge in [-0.2, -0.15) is 0 Å². The molecule has 1 aromatic rings. The Balaban J connectivity index is 2.13. The van der Waals surface area contributed by atoms with Crippen LogP contribution in [-0.4, -0.2) is 34.8 Å². The number of rotatable bonds is 7. The van der Waals surface area contributed by atoms with Crippen molar-refractivity contribution in [2.24, 2.45) is 0 Å². The van der Waals surface area contributed by atoms with E-state index in [1.807, 2.05) is 19.9 Å². The van der Waals surface area contributed by atoms with Gasteiger partial charge in [0.2, 0.25) is 0 Å². The van der Waals surface area contributed by atoms with E-state index in [0.717, 1.165) is 37.7 Å². The fraction of sp³-hybridized carbons (Fsp3) is 0.583. The summed E-state index contributed by atoms with van der Waals surface area (Å²) in [6.45, 7) is 6.80. The second kappa shape index (κ2) is 8.77. The van der Waals surface area contributed by atoms with Gasteiger partial charge in [0, 0.05) is 26.0 Å². The summed E-state index contributed by atoms with van der Waals surface area (Å²) in [5, 5.41) is 6.87.